The first-order chi connectivity index (χ1) is 12.1. The molecule has 1 aliphatic heterocycles. The van der Waals surface area contributed by atoms with Crippen LogP contribution >= 0.6 is 0 Å². The largest absolute Gasteiger partial charge is 0.393 e. The van der Waals surface area contributed by atoms with Crippen LogP contribution in [0.5, 0.6) is 0 Å². The van der Waals surface area contributed by atoms with Crippen molar-refractivity contribution >= 4 is 5.91 Å². The summed E-state index contributed by atoms with van der Waals surface area (Å²) in [4.78, 5) is 15.0. The summed E-state index contributed by atoms with van der Waals surface area (Å²) in [6.45, 7) is 3.41. The van der Waals surface area contributed by atoms with Crippen LogP contribution in [0.25, 0.3) is 5.69 Å². The van der Waals surface area contributed by atoms with Gasteiger partial charge in [-0.05, 0) is 57.1 Å². The lowest BCUT2D eigenvalue weighted by molar-refractivity contribution is 0.0745. The molecule has 25 heavy (non-hydrogen) atoms. The predicted molar refractivity (Wildman–Crippen MR) is 96.1 cm³/mol. The topological polar surface area (TPSA) is 58.4 Å². The summed E-state index contributed by atoms with van der Waals surface area (Å²) in [5.74, 6) is 0.0274. The minimum Gasteiger partial charge on any atom is -0.393 e. The minimum absolute atomic E-state index is 0.0274. The molecular weight excluding hydrogens is 314 g/mol. The molecule has 5 nitrogen and oxygen atoms in total. The Labute approximate surface area is 148 Å². The maximum absolute atomic E-state index is 13.1. The van der Waals surface area contributed by atoms with Gasteiger partial charge in [0.1, 0.15) is 0 Å². The van der Waals surface area contributed by atoms with Crippen LogP contribution < -0.4 is 0 Å². The number of aliphatic hydroxyl groups excluding tert-OH is 1. The molecule has 0 saturated carbocycles. The zero-order valence-electron chi connectivity index (χ0n) is 14.7. The van der Waals surface area contributed by atoms with Crippen LogP contribution in [0.3, 0.4) is 0 Å². The van der Waals surface area contributed by atoms with Crippen molar-refractivity contribution in [1.82, 2.24) is 14.7 Å². The van der Waals surface area contributed by atoms with Crippen LogP contribution in [-0.4, -0.2) is 44.9 Å². The second kappa shape index (κ2) is 6.64. The van der Waals surface area contributed by atoms with E-state index in [1.54, 1.807) is 0 Å². The molecule has 1 aliphatic carbocycles. The molecule has 2 aliphatic rings. The van der Waals surface area contributed by atoms with E-state index in [0.29, 0.717) is 25.2 Å². The van der Waals surface area contributed by atoms with Crippen LogP contribution in [0, 0.1) is 6.92 Å². The number of amides is 1. The van der Waals surface area contributed by atoms with Crippen LogP contribution in [0.4, 0.5) is 0 Å². The molecule has 0 spiro atoms. The number of benzene rings is 1. The zero-order valence-corrected chi connectivity index (χ0v) is 14.7. The standard InChI is InChI=1S/C20H25N3O2/c1-14-6-2-3-9-17(14)23-18-10-4-8-16(18)19(21-23)20(25)22-12-5-7-15(24)11-13-22/h2-3,6,9,15,24H,4-5,7-8,10-13H2,1H3/t15-/m0/s1. The zero-order chi connectivity index (χ0) is 17.4. The Balaban J connectivity index is 1.70. The first kappa shape index (κ1) is 16.3. The van der Waals surface area contributed by atoms with Gasteiger partial charge in [0.15, 0.2) is 5.69 Å². The van der Waals surface area contributed by atoms with E-state index in [0.717, 1.165) is 48.9 Å². The van der Waals surface area contributed by atoms with E-state index >= 15 is 0 Å². The molecule has 1 N–H and O–H groups in total. The number of carbonyl (C=O) groups is 1. The first-order valence-corrected chi connectivity index (χ1v) is 9.29. The Morgan fingerprint density at radius 3 is 2.84 bits per heavy atom. The van der Waals surface area contributed by atoms with Crippen molar-refractivity contribution < 1.29 is 9.90 Å². The molecule has 1 saturated heterocycles. The SMILES string of the molecule is Cc1ccccc1-n1nc(C(=O)N2CCC[C@H](O)CC2)c2c1CCC2. The molecule has 1 aromatic carbocycles. The van der Waals surface area contributed by atoms with E-state index in [-0.39, 0.29) is 12.0 Å². The average Bonchev–Trinajstić information content (AvgIpc) is 3.14. The molecule has 1 fully saturated rings. The van der Waals surface area contributed by atoms with E-state index in [1.807, 2.05) is 21.7 Å². The normalized spacial score (nSPS) is 20.4. The number of hydrogen-bond acceptors (Lipinski definition) is 3. The van der Waals surface area contributed by atoms with Crippen molar-refractivity contribution in [3.05, 3.63) is 46.8 Å². The Kier molecular flexibility index (Phi) is 4.34. The number of para-hydroxylation sites is 1. The van der Waals surface area contributed by atoms with Gasteiger partial charge in [0, 0.05) is 24.3 Å². The highest BCUT2D eigenvalue weighted by molar-refractivity contribution is 5.94. The third-order valence-corrected chi connectivity index (χ3v) is 5.46. The molecule has 1 atom stereocenters. The number of aryl methyl sites for hydroxylation is 1. The number of carbonyl (C=O) groups excluding carboxylic acids is 1. The van der Waals surface area contributed by atoms with Gasteiger partial charge in [-0.3, -0.25) is 4.79 Å². The van der Waals surface area contributed by atoms with E-state index in [1.165, 1.54) is 5.69 Å². The molecular formula is C20H25N3O2. The lowest BCUT2D eigenvalue weighted by Crippen LogP contribution is -2.33. The summed E-state index contributed by atoms with van der Waals surface area (Å²) >= 11 is 0. The van der Waals surface area contributed by atoms with Crippen LogP contribution in [0.2, 0.25) is 0 Å². The second-order valence-corrected chi connectivity index (χ2v) is 7.20. The predicted octanol–water partition coefficient (Wildman–Crippen LogP) is 2.66. The van der Waals surface area contributed by atoms with Crippen molar-refractivity contribution in [3.63, 3.8) is 0 Å². The lowest BCUT2D eigenvalue weighted by atomic mass is 10.1. The molecule has 1 amide bonds. The molecule has 0 bridgehead atoms. The van der Waals surface area contributed by atoms with E-state index in [4.69, 9.17) is 5.10 Å². The third-order valence-electron chi connectivity index (χ3n) is 5.46. The number of aliphatic hydroxyl groups is 1. The maximum Gasteiger partial charge on any atom is 0.274 e. The Bertz CT molecular complexity index is 796. The summed E-state index contributed by atoms with van der Waals surface area (Å²) in [6.07, 6.45) is 4.99. The lowest BCUT2D eigenvalue weighted by Gasteiger charge is -2.19. The van der Waals surface area contributed by atoms with Gasteiger partial charge in [-0.15, -0.1) is 0 Å². The monoisotopic (exact) mass is 339 g/mol. The van der Waals surface area contributed by atoms with Crippen LogP contribution in [-0.2, 0) is 12.8 Å². The van der Waals surface area contributed by atoms with Gasteiger partial charge in [-0.2, -0.15) is 5.10 Å². The summed E-state index contributed by atoms with van der Waals surface area (Å²) < 4.78 is 1.98. The Morgan fingerprint density at radius 2 is 2.00 bits per heavy atom. The van der Waals surface area contributed by atoms with Crippen molar-refractivity contribution in [2.45, 2.75) is 51.6 Å². The van der Waals surface area contributed by atoms with Gasteiger partial charge in [-0.25, -0.2) is 4.68 Å². The highest BCUT2D eigenvalue weighted by Crippen LogP contribution is 2.30. The van der Waals surface area contributed by atoms with Gasteiger partial charge < -0.3 is 10.0 Å². The molecule has 1 aromatic heterocycles. The quantitative estimate of drug-likeness (QED) is 0.915. The number of nitrogens with zero attached hydrogens (tertiary/aromatic N) is 3. The van der Waals surface area contributed by atoms with Crippen molar-refractivity contribution in [1.29, 1.82) is 0 Å². The number of hydrogen-bond donors (Lipinski definition) is 1. The summed E-state index contributed by atoms with van der Waals surface area (Å²) in [5.41, 5.74) is 5.15. The highest BCUT2D eigenvalue weighted by Gasteiger charge is 2.30. The van der Waals surface area contributed by atoms with E-state index in [2.05, 4.69) is 19.1 Å². The van der Waals surface area contributed by atoms with Gasteiger partial charge in [-0.1, -0.05) is 18.2 Å². The molecule has 2 heterocycles. The summed E-state index contributed by atoms with van der Waals surface area (Å²) in [7, 11) is 0. The molecule has 132 valence electrons. The fourth-order valence-electron chi connectivity index (χ4n) is 4.04. The molecule has 2 aromatic rings. The summed E-state index contributed by atoms with van der Waals surface area (Å²) in [6, 6.07) is 8.19. The molecule has 0 unspecified atom stereocenters. The fraction of sp³-hybridized carbons (Fsp3) is 0.500. The van der Waals surface area contributed by atoms with Crippen molar-refractivity contribution in [2.75, 3.05) is 13.1 Å². The van der Waals surface area contributed by atoms with Gasteiger partial charge >= 0.3 is 0 Å². The van der Waals surface area contributed by atoms with Gasteiger partial charge in [0.2, 0.25) is 0 Å². The number of likely N-dealkylation sites (tertiary alicyclic amines) is 1. The minimum atomic E-state index is -0.284. The molecule has 4 rings (SSSR count). The summed E-state index contributed by atoms with van der Waals surface area (Å²) in [5, 5.41) is 14.6. The first-order valence-electron chi connectivity index (χ1n) is 9.29. The Hall–Kier alpha value is -2.14. The van der Waals surface area contributed by atoms with E-state index in [9.17, 15) is 9.90 Å². The smallest absolute Gasteiger partial charge is 0.274 e. The average molecular weight is 339 g/mol. The van der Waals surface area contributed by atoms with Crippen LogP contribution in [0.15, 0.2) is 24.3 Å². The molecule has 0 radical (unpaired) electrons. The molecule has 5 heteroatoms. The Morgan fingerprint density at radius 1 is 1.16 bits per heavy atom. The van der Waals surface area contributed by atoms with Gasteiger partial charge in [0.05, 0.1) is 11.8 Å². The number of fused-ring (bicyclic) bond motifs is 1. The van der Waals surface area contributed by atoms with Crippen molar-refractivity contribution in [2.24, 2.45) is 0 Å². The van der Waals surface area contributed by atoms with Crippen LogP contribution in [0.1, 0.15) is 53.0 Å². The van der Waals surface area contributed by atoms with Crippen molar-refractivity contribution in [3.8, 4) is 5.69 Å². The van der Waals surface area contributed by atoms with E-state index < -0.39 is 0 Å². The second-order valence-electron chi connectivity index (χ2n) is 7.20. The maximum atomic E-state index is 13.1. The van der Waals surface area contributed by atoms with Gasteiger partial charge in [0.25, 0.3) is 5.91 Å². The third kappa shape index (κ3) is 2.97. The number of rotatable bonds is 2. The number of aromatic nitrogens is 2. The highest BCUT2D eigenvalue weighted by atomic mass is 16.3. The fourth-order valence-corrected chi connectivity index (χ4v) is 4.04.